The second-order valence-corrected chi connectivity index (χ2v) is 11.0. The molecule has 12 heteroatoms. The number of halogens is 2. The van der Waals surface area contributed by atoms with Gasteiger partial charge in [-0.3, -0.25) is 14.4 Å². The van der Waals surface area contributed by atoms with Crippen LogP contribution in [0, 0.1) is 12.7 Å². The molecule has 1 aromatic heterocycles. The highest BCUT2D eigenvalue weighted by Crippen LogP contribution is 2.33. The van der Waals surface area contributed by atoms with E-state index in [2.05, 4.69) is 19.9 Å². The standard InChI is InChI=1S/C20H26ClFN4O2S2.CH2O2/c1-13-12-29-20(23-13)25-30(27,28)19-10-14(21)17(11-15(19)22)24-16-6-2-3-7-18(16)26-8-4-5-9-26;2-1-3/h10-12,16,18,24H,2-9H2,1H3,(H,23,25);1H,(H,2,3)/t16-,18-;/m0./s1. The molecule has 2 aromatic rings. The lowest BCUT2D eigenvalue weighted by molar-refractivity contribution is -0.122. The Labute approximate surface area is 202 Å². The summed E-state index contributed by atoms with van der Waals surface area (Å²) in [7, 11) is -4.12. The predicted molar refractivity (Wildman–Crippen MR) is 128 cm³/mol. The third-order valence-corrected chi connectivity index (χ3v) is 8.50. The van der Waals surface area contributed by atoms with E-state index in [0.29, 0.717) is 17.4 Å². The van der Waals surface area contributed by atoms with Gasteiger partial charge in [0.25, 0.3) is 16.5 Å². The quantitative estimate of drug-likeness (QED) is 0.480. The Morgan fingerprint density at radius 3 is 2.55 bits per heavy atom. The molecule has 182 valence electrons. The summed E-state index contributed by atoms with van der Waals surface area (Å²) in [5.41, 5.74) is 1.13. The second-order valence-electron chi connectivity index (χ2n) is 8.11. The molecule has 0 spiro atoms. The van der Waals surface area contributed by atoms with Crippen LogP contribution >= 0.6 is 22.9 Å². The highest BCUT2D eigenvalue weighted by Gasteiger charge is 2.32. The molecule has 0 unspecified atom stereocenters. The molecule has 1 saturated heterocycles. The van der Waals surface area contributed by atoms with E-state index in [1.807, 2.05) is 0 Å². The molecule has 3 N–H and O–H groups in total. The average Bonchev–Trinajstić information content (AvgIpc) is 3.43. The Kier molecular flexibility index (Phi) is 8.91. The van der Waals surface area contributed by atoms with Crippen LogP contribution in [0.25, 0.3) is 0 Å². The fourth-order valence-corrected chi connectivity index (χ4v) is 6.72. The molecular weight excluding hydrogens is 491 g/mol. The van der Waals surface area contributed by atoms with Gasteiger partial charge in [0, 0.05) is 17.5 Å². The fourth-order valence-electron chi connectivity index (χ4n) is 4.41. The zero-order valence-corrected chi connectivity index (χ0v) is 20.6. The van der Waals surface area contributed by atoms with E-state index in [4.69, 9.17) is 21.5 Å². The predicted octanol–water partition coefficient (Wildman–Crippen LogP) is 4.56. The lowest BCUT2D eigenvalue weighted by Crippen LogP contribution is -2.47. The van der Waals surface area contributed by atoms with Crippen molar-refractivity contribution in [3.63, 3.8) is 0 Å². The number of sulfonamides is 1. The van der Waals surface area contributed by atoms with Gasteiger partial charge in [-0.15, -0.1) is 11.3 Å². The first-order valence-electron chi connectivity index (χ1n) is 10.8. The topological polar surface area (TPSA) is 112 Å². The van der Waals surface area contributed by atoms with E-state index >= 15 is 0 Å². The minimum Gasteiger partial charge on any atom is -0.483 e. The molecule has 4 rings (SSSR count). The number of carbonyl (C=O) groups is 1. The molecule has 2 heterocycles. The van der Waals surface area contributed by atoms with Gasteiger partial charge in [0.15, 0.2) is 5.13 Å². The molecule has 0 bridgehead atoms. The van der Waals surface area contributed by atoms with E-state index in [9.17, 15) is 12.8 Å². The summed E-state index contributed by atoms with van der Waals surface area (Å²) in [5.74, 6) is -0.837. The SMILES string of the molecule is Cc1csc(NS(=O)(=O)c2cc(Cl)c(N[C@H]3CCCC[C@@H]3N3CCCC3)cc2F)n1.O=CO. The number of nitrogens with one attached hydrogen (secondary N) is 2. The largest absolute Gasteiger partial charge is 0.483 e. The third-order valence-electron chi connectivity index (χ3n) is 5.83. The third kappa shape index (κ3) is 6.56. The summed E-state index contributed by atoms with van der Waals surface area (Å²) in [6.07, 6.45) is 6.85. The molecular formula is C21H28ClFN4O4S2. The Hall–Kier alpha value is -1.95. The maximum Gasteiger partial charge on any atom is 0.290 e. The van der Waals surface area contributed by atoms with E-state index < -0.39 is 20.7 Å². The van der Waals surface area contributed by atoms with Crippen LogP contribution in [0.15, 0.2) is 22.4 Å². The van der Waals surface area contributed by atoms with Crippen molar-refractivity contribution in [1.29, 1.82) is 0 Å². The van der Waals surface area contributed by atoms with Gasteiger partial charge in [0.1, 0.15) is 10.7 Å². The first kappa shape index (κ1) is 25.7. The number of hydrogen-bond acceptors (Lipinski definition) is 7. The molecule has 0 amide bonds. The number of anilines is 2. The number of hydrogen-bond donors (Lipinski definition) is 3. The van der Waals surface area contributed by atoms with Crippen LogP contribution in [0.1, 0.15) is 44.2 Å². The van der Waals surface area contributed by atoms with Crippen molar-refractivity contribution in [2.24, 2.45) is 0 Å². The number of likely N-dealkylation sites (tertiary alicyclic amines) is 1. The zero-order chi connectivity index (χ0) is 24.0. The molecule has 0 radical (unpaired) electrons. The first-order valence-corrected chi connectivity index (χ1v) is 13.5. The van der Waals surface area contributed by atoms with E-state index in [1.165, 1.54) is 31.4 Å². The number of rotatable bonds is 6. The van der Waals surface area contributed by atoms with E-state index in [-0.39, 0.29) is 22.7 Å². The molecule has 1 saturated carbocycles. The van der Waals surface area contributed by atoms with Crippen molar-refractivity contribution >= 4 is 50.3 Å². The van der Waals surface area contributed by atoms with Crippen molar-refractivity contribution in [3.8, 4) is 0 Å². The van der Waals surface area contributed by atoms with Gasteiger partial charge in [0.05, 0.1) is 16.4 Å². The summed E-state index contributed by atoms with van der Waals surface area (Å²) >= 11 is 7.54. The number of aromatic nitrogens is 1. The van der Waals surface area contributed by atoms with Gasteiger partial charge in [-0.1, -0.05) is 24.4 Å². The molecule has 2 aliphatic rings. The number of nitrogens with zero attached hydrogens (tertiary/aromatic N) is 2. The molecule has 2 atom stereocenters. The number of carboxylic acid groups (broad SMARTS) is 1. The molecule has 1 aliphatic carbocycles. The van der Waals surface area contributed by atoms with Gasteiger partial charge < -0.3 is 10.4 Å². The Morgan fingerprint density at radius 2 is 1.91 bits per heavy atom. The lowest BCUT2D eigenvalue weighted by Gasteiger charge is -2.39. The Morgan fingerprint density at radius 1 is 1.24 bits per heavy atom. The molecule has 1 aromatic carbocycles. The van der Waals surface area contributed by atoms with Crippen LogP contribution in [-0.2, 0) is 14.8 Å². The number of thiazole rings is 1. The Bertz CT molecular complexity index is 1060. The first-order chi connectivity index (χ1) is 15.7. The monoisotopic (exact) mass is 518 g/mol. The maximum absolute atomic E-state index is 14.8. The van der Waals surface area contributed by atoms with Gasteiger partial charge in [-0.25, -0.2) is 17.8 Å². The van der Waals surface area contributed by atoms with Crippen molar-refractivity contribution in [2.45, 2.75) is 62.4 Å². The zero-order valence-electron chi connectivity index (χ0n) is 18.3. The minimum absolute atomic E-state index is 0.174. The summed E-state index contributed by atoms with van der Waals surface area (Å²) < 4.78 is 42.4. The average molecular weight is 519 g/mol. The van der Waals surface area contributed by atoms with Crippen molar-refractivity contribution in [2.75, 3.05) is 23.1 Å². The summed E-state index contributed by atoms with van der Waals surface area (Å²) in [5, 5.41) is 12.4. The summed E-state index contributed by atoms with van der Waals surface area (Å²) in [6, 6.07) is 2.95. The lowest BCUT2D eigenvalue weighted by atomic mass is 9.89. The van der Waals surface area contributed by atoms with Gasteiger partial charge in [0.2, 0.25) is 0 Å². The second kappa shape index (κ2) is 11.5. The van der Waals surface area contributed by atoms with Crippen molar-refractivity contribution in [3.05, 3.63) is 34.0 Å². The normalized spacial score (nSPS) is 21.2. The van der Waals surface area contributed by atoms with Gasteiger partial charge in [-0.05, 0) is 57.8 Å². The minimum atomic E-state index is -4.12. The fraction of sp³-hybridized carbons (Fsp3) is 0.524. The van der Waals surface area contributed by atoms with Crippen molar-refractivity contribution < 1.29 is 22.7 Å². The molecule has 8 nitrogen and oxygen atoms in total. The van der Waals surface area contributed by atoms with E-state index in [0.717, 1.165) is 43.7 Å². The maximum atomic E-state index is 14.8. The smallest absolute Gasteiger partial charge is 0.290 e. The van der Waals surface area contributed by atoms with Crippen molar-refractivity contribution in [1.82, 2.24) is 9.88 Å². The summed E-state index contributed by atoms with van der Waals surface area (Å²) in [6.45, 7) is 3.71. The van der Waals surface area contributed by atoms with Crippen LogP contribution in [-0.4, -0.2) is 55.1 Å². The van der Waals surface area contributed by atoms with Crippen LogP contribution in [0.4, 0.5) is 15.2 Å². The number of benzene rings is 1. The van der Waals surface area contributed by atoms with E-state index in [1.54, 1.807) is 12.3 Å². The molecule has 33 heavy (non-hydrogen) atoms. The molecule has 1 aliphatic heterocycles. The molecule has 2 fully saturated rings. The Balaban J connectivity index is 0.000000968. The van der Waals surface area contributed by atoms with Crippen LogP contribution in [0.3, 0.4) is 0 Å². The van der Waals surface area contributed by atoms with Crippen LogP contribution < -0.4 is 10.0 Å². The highest BCUT2D eigenvalue weighted by atomic mass is 35.5. The van der Waals surface area contributed by atoms with Gasteiger partial charge >= 0.3 is 0 Å². The highest BCUT2D eigenvalue weighted by molar-refractivity contribution is 7.93. The van der Waals surface area contributed by atoms with Gasteiger partial charge in [-0.2, -0.15) is 0 Å². The summed E-state index contributed by atoms with van der Waals surface area (Å²) in [4.78, 5) is 14.5. The van der Waals surface area contributed by atoms with Crippen LogP contribution in [0.2, 0.25) is 5.02 Å². The number of aryl methyl sites for hydroxylation is 1. The van der Waals surface area contributed by atoms with Crippen LogP contribution in [0.5, 0.6) is 0 Å².